The lowest BCUT2D eigenvalue weighted by Crippen LogP contribution is -2.23. The lowest BCUT2D eigenvalue weighted by molar-refractivity contribution is -0.383. The van der Waals surface area contributed by atoms with Crippen molar-refractivity contribution in [3.63, 3.8) is 0 Å². The molecule has 23 heavy (non-hydrogen) atoms. The highest BCUT2D eigenvalue weighted by atomic mass is 32.2. The number of halogens is 2. The van der Waals surface area contributed by atoms with Crippen LogP contribution in [0.1, 0.15) is 6.92 Å². The zero-order valence-corrected chi connectivity index (χ0v) is 12.8. The number of thioether (sulfide) groups is 1. The minimum Gasteiger partial charge on any atom is -0.319 e. The highest BCUT2D eigenvalue weighted by Gasteiger charge is 2.20. The van der Waals surface area contributed by atoms with Gasteiger partial charge in [0.1, 0.15) is 17.3 Å². The third kappa shape index (κ3) is 4.26. The molecule has 0 heterocycles. The van der Waals surface area contributed by atoms with Crippen molar-refractivity contribution >= 4 is 29.0 Å². The van der Waals surface area contributed by atoms with Gasteiger partial charge in [0.25, 0.3) is 5.69 Å². The number of amides is 1. The second-order valence-corrected chi connectivity index (χ2v) is 5.98. The standard InChI is InChI=1S/C15H12F2N2O3S/c1-9(23-14-7-6-10(16)8-11(14)17)15(20)18-12-4-2-3-5-13(12)19(21)22/h2-9H,1H3,(H,18,20). The van der Waals surface area contributed by atoms with Gasteiger partial charge in [0, 0.05) is 17.0 Å². The number of nitrogens with one attached hydrogen (secondary N) is 1. The Morgan fingerprint density at radius 1 is 1.26 bits per heavy atom. The number of anilines is 1. The number of rotatable bonds is 5. The number of nitro benzene ring substituents is 1. The van der Waals surface area contributed by atoms with E-state index in [0.29, 0.717) is 0 Å². The molecule has 120 valence electrons. The molecule has 0 saturated heterocycles. The molecule has 1 amide bonds. The van der Waals surface area contributed by atoms with E-state index in [-0.39, 0.29) is 16.3 Å². The summed E-state index contributed by atoms with van der Waals surface area (Å²) in [4.78, 5) is 22.5. The molecule has 2 rings (SSSR count). The van der Waals surface area contributed by atoms with Crippen molar-refractivity contribution in [3.05, 3.63) is 64.2 Å². The summed E-state index contributed by atoms with van der Waals surface area (Å²) in [5.74, 6) is -1.99. The first-order valence-corrected chi connectivity index (χ1v) is 7.42. The van der Waals surface area contributed by atoms with E-state index in [1.54, 1.807) is 6.07 Å². The summed E-state index contributed by atoms with van der Waals surface area (Å²) in [7, 11) is 0. The van der Waals surface area contributed by atoms with Gasteiger partial charge in [0.15, 0.2) is 0 Å². The van der Waals surface area contributed by atoms with Gasteiger partial charge >= 0.3 is 0 Å². The van der Waals surface area contributed by atoms with Crippen molar-refractivity contribution in [2.24, 2.45) is 0 Å². The van der Waals surface area contributed by atoms with Crippen molar-refractivity contribution in [2.75, 3.05) is 5.32 Å². The fourth-order valence-corrected chi connectivity index (χ4v) is 2.65. The second kappa shape index (κ2) is 7.19. The number of benzene rings is 2. The SMILES string of the molecule is CC(Sc1ccc(F)cc1F)C(=O)Nc1ccccc1[N+](=O)[O-]. The summed E-state index contributed by atoms with van der Waals surface area (Å²) < 4.78 is 26.4. The number of hydrogen-bond acceptors (Lipinski definition) is 4. The van der Waals surface area contributed by atoms with Gasteiger partial charge in [-0.1, -0.05) is 12.1 Å². The second-order valence-electron chi connectivity index (χ2n) is 4.60. The van der Waals surface area contributed by atoms with Gasteiger partial charge in [-0.15, -0.1) is 11.8 Å². The van der Waals surface area contributed by atoms with Crippen LogP contribution in [0.2, 0.25) is 0 Å². The zero-order chi connectivity index (χ0) is 17.0. The van der Waals surface area contributed by atoms with Crippen LogP contribution >= 0.6 is 11.8 Å². The summed E-state index contributed by atoms with van der Waals surface area (Å²) in [6.45, 7) is 1.53. The minimum absolute atomic E-state index is 0.0644. The number of hydrogen-bond donors (Lipinski definition) is 1. The molecule has 8 heteroatoms. The van der Waals surface area contributed by atoms with Crippen LogP contribution < -0.4 is 5.32 Å². The molecule has 0 aromatic heterocycles. The molecule has 0 saturated carbocycles. The maximum Gasteiger partial charge on any atom is 0.292 e. The van der Waals surface area contributed by atoms with Crippen LogP contribution in [0.4, 0.5) is 20.2 Å². The third-order valence-electron chi connectivity index (χ3n) is 2.93. The Kier molecular flexibility index (Phi) is 5.28. The van der Waals surface area contributed by atoms with Crippen LogP contribution in [0.5, 0.6) is 0 Å². The average molecular weight is 338 g/mol. The Labute approximate surface area is 134 Å². The number of para-hydroxylation sites is 2. The quantitative estimate of drug-likeness (QED) is 0.508. The minimum atomic E-state index is -0.764. The van der Waals surface area contributed by atoms with Gasteiger partial charge in [-0.25, -0.2) is 8.78 Å². The van der Waals surface area contributed by atoms with Crippen molar-refractivity contribution < 1.29 is 18.5 Å². The summed E-state index contributed by atoms with van der Waals surface area (Å²) in [5.41, 5.74) is -0.166. The van der Waals surface area contributed by atoms with E-state index in [2.05, 4.69) is 5.32 Å². The fourth-order valence-electron chi connectivity index (χ4n) is 1.79. The lowest BCUT2D eigenvalue weighted by atomic mass is 10.2. The van der Waals surface area contributed by atoms with Gasteiger partial charge in [-0.2, -0.15) is 0 Å². The molecule has 0 aliphatic rings. The molecule has 0 fully saturated rings. The molecular weight excluding hydrogens is 326 g/mol. The molecule has 0 spiro atoms. The third-order valence-corrected chi connectivity index (χ3v) is 4.08. The first kappa shape index (κ1) is 16.9. The molecule has 2 aromatic rings. The summed E-state index contributed by atoms with van der Waals surface area (Å²) in [6, 6.07) is 8.79. The fraction of sp³-hybridized carbons (Fsp3) is 0.133. The largest absolute Gasteiger partial charge is 0.319 e. The topological polar surface area (TPSA) is 72.2 Å². The molecule has 5 nitrogen and oxygen atoms in total. The van der Waals surface area contributed by atoms with E-state index < -0.39 is 27.7 Å². The van der Waals surface area contributed by atoms with Crippen LogP contribution in [0, 0.1) is 21.7 Å². The smallest absolute Gasteiger partial charge is 0.292 e. The van der Waals surface area contributed by atoms with E-state index in [9.17, 15) is 23.7 Å². The van der Waals surface area contributed by atoms with E-state index in [1.165, 1.54) is 31.2 Å². The van der Waals surface area contributed by atoms with Crippen molar-refractivity contribution in [1.82, 2.24) is 0 Å². The highest BCUT2D eigenvalue weighted by molar-refractivity contribution is 8.00. The van der Waals surface area contributed by atoms with Gasteiger partial charge in [0.05, 0.1) is 10.2 Å². The molecule has 0 bridgehead atoms. The molecule has 2 aromatic carbocycles. The van der Waals surface area contributed by atoms with Gasteiger partial charge in [-0.05, 0) is 25.1 Å². The van der Waals surface area contributed by atoms with Crippen LogP contribution in [0.3, 0.4) is 0 Å². The molecular formula is C15H12F2N2O3S. The van der Waals surface area contributed by atoms with Crippen molar-refractivity contribution in [3.8, 4) is 0 Å². The Morgan fingerprint density at radius 3 is 2.61 bits per heavy atom. The number of nitro groups is 1. The maximum atomic E-state index is 13.6. The molecule has 0 aliphatic carbocycles. The van der Waals surface area contributed by atoms with Crippen LogP contribution in [0.15, 0.2) is 47.4 Å². The summed E-state index contributed by atoms with van der Waals surface area (Å²) in [5, 5.41) is 12.6. The highest BCUT2D eigenvalue weighted by Crippen LogP contribution is 2.29. The number of carbonyl (C=O) groups excluding carboxylic acids is 1. The first-order valence-electron chi connectivity index (χ1n) is 6.54. The van der Waals surface area contributed by atoms with E-state index >= 15 is 0 Å². The maximum absolute atomic E-state index is 13.6. The van der Waals surface area contributed by atoms with E-state index in [4.69, 9.17) is 0 Å². The zero-order valence-electron chi connectivity index (χ0n) is 12.0. The van der Waals surface area contributed by atoms with Gasteiger partial charge in [0.2, 0.25) is 5.91 Å². The Hall–Kier alpha value is -2.48. The Morgan fingerprint density at radius 2 is 1.96 bits per heavy atom. The van der Waals surface area contributed by atoms with E-state index in [1.807, 2.05) is 0 Å². The van der Waals surface area contributed by atoms with Gasteiger partial charge < -0.3 is 5.32 Å². The Bertz CT molecular complexity index is 755. The number of nitrogens with zero attached hydrogens (tertiary/aromatic N) is 1. The van der Waals surface area contributed by atoms with Crippen molar-refractivity contribution in [2.45, 2.75) is 17.1 Å². The Balaban J connectivity index is 2.10. The summed E-state index contributed by atoms with van der Waals surface area (Å²) >= 11 is 0.897. The van der Waals surface area contributed by atoms with Crippen LogP contribution in [-0.2, 0) is 4.79 Å². The van der Waals surface area contributed by atoms with Crippen LogP contribution in [0.25, 0.3) is 0 Å². The summed E-state index contributed by atoms with van der Waals surface area (Å²) in [6.07, 6.45) is 0. The molecule has 0 radical (unpaired) electrons. The van der Waals surface area contributed by atoms with Gasteiger partial charge in [-0.3, -0.25) is 14.9 Å². The van der Waals surface area contributed by atoms with E-state index in [0.717, 1.165) is 23.9 Å². The van der Waals surface area contributed by atoms with Crippen LogP contribution in [-0.4, -0.2) is 16.1 Å². The number of carbonyl (C=O) groups is 1. The molecule has 1 N–H and O–H groups in total. The average Bonchev–Trinajstić information content (AvgIpc) is 2.50. The molecule has 1 unspecified atom stereocenters. The predicted molar refractivity (Wildman–Crippen MR) is 83.4 cm³/mol. The predicted octanol–water partition coefficient (Wildman–Crippen LogP) is 3.99. The van der Waals surface area contributed by atoms with Crippen molar-refractivity contribution in [1.29, 1.82) is 0 Å². The first-order chi connectivity index (χ1) is 10.9. The lowest BCUT2D eigenvalue weighted by Gasteiger charge is -2.12. The monoisotopic (exact) mass is 338 g/mol. The normalized spacial score (nSPS) is 11.8. The molecule has 0 aliphatic heterocycles. The molecule has 1 atom stereocenters.